The average Bonchev–Trinajstić information content (AvgIpc) is 2.43. The number of nitriles is 1. The minimum absolute atomic E-state index is 0.754. The molecule has 0 radical (unpaired) electrons. The van der Waals surface area contributed by atoms with E-state index in [9.17, 15) is 0 Å². The van der Waals surface area contributed by atoms with E-state index in [1.54, 1.807) is 11.3 Å². The van der Waals surface area contributed by atoms with Crippen LogP contribution in [0, 0.1) is 14.9 Å². The number of halogens is 2. The van der Waals surface area contributed by atoms with Gasteiger partial charge in [0, 0.05) is 13.7 Å². The fourth-order valence-electron chi connectivity index (χ4n) is 1.17. The molecule has 1 aromatic heterocycles. The first-order chi connectivity index (χ1) is 6.20. The summed E-state index contributed by atoms with van der Waals surface area (Å²) in [5.74, 6) is 0. The summed E-state index contributed by atoms with van der Waals surface area (Å²) in [4.78, 5) is 0. The van der Waals surface area contributed by atoms with Crippen LogP contribution in [0.25, 0.3) is 10.1 Å². The van der Waals surface area contributed by atoms with Gasteiger partial charge in [0.2, 0.25) is 0 Å². The Kier molecular flexibility index (Phi) is 2.58. The van der Waals surface area contributed by atoms with Gasteiger partial charge in [-0.3, -0.25) is 0 Å². The van der Waals surface area contributed by atoms with Crippen LogP contribution >= 0.6 is 49.9 Å². The van der Waals surface area contributed by atoms with Crippen molar-refractivity contribution >= 4 is 59.9 Å². The number of benzene rings is 1. The molecule has 0 amide bonds. The molecule has 1 nitrogen and oxygen atoms in total. The van der Waals surface area contributed by atoms with Crippen LogP contribution in [0.5, 0.6) is 0 Å². The first-order valence-corrected chi connectivity index (χ1v) is 6.18. The highest BCUT2D eigenvalue weighted by Gasteiger charge is 2.05. The molecule has 1 aromatic carbocycles. The van der Waals surface area contributed by atoms with E-state index < -0.39 is 0 Å². The molecule has 0 N–H and O–H groups in total. The number of hydrogen-bond acceptors (Lipinski definition) is 2. The SMILES string of the molecule is N#Cc1cc(I)cc2sc(Br)cc12. The third-order valence-electron chi connectivity index (χ3n) is 1.69. The minimum Gasteiger partial charge on any atom is -0.192 e. The molecule has 2 rings (SSSR count). The number of thiophene rings is 1. The van der Waals surface area contributed by atoms with Crippen LogP contribution in [0.4, 0.5) is 0 Å². The van der Waals surface area contributed by atoms with Crippen molar-refractivity contribution in [3.8, 4) is 6.07 Å². The molecular weight excluding hydrogens is 361 g/mol. The lowest BCUT2D eigenvalue weighted by atomic mass is 10.1. The zero-order chi connectivity index (χ0) is 9.42. The van der Waals surface area contributed by atoms with Crippen molar-refractivity contribution in [2.24, 2.45) is 0 Å². The molecule has 0 spiro atoms. The van der Waals surface area contributed by atoms with Crippen molar-refractivity contribution in [2.75, 3.05) is 0 Å². The highest BCUT2D eigenvalue weighted by Crippen LogP contribution is 2.32. The van der Waals surface area contributed by atoms with Crippen LogP contribution in [-0.2, 0) is 0 Å². The molecule has 0 saturated carbocycles. The number of fused-ring (bicyclic) bond motifs is 1. The van der Waals surface area contributed by atoms with Crippen molar-refractivity contribution in [3.05, 3.63) is 31.1 Å². The number of hydrogen-bond donors (Lipinski definition) is 0. The summed E-state index contributed by atoms with van der Waals surface area (Å²) in [6.07, 6.45) is 0. The molecule has 0 aliphatic heterocycles. The Morgan fingerprint density at radius 2 is 2.15 bits per heavy atom. The van der Waals surface area contributed by atoms with Gasteiger partial charge in [-0.05, 0) is 56.7 Å². The normalized spacial score (nSPS) is 10.2. The van der Waals surface area contributed by atoms with Crippen molar-refractivity contribution < 1.29 is 0 Å². The lowest BCUT2D eigenvalue weighted by Crippen LogP contribution is -1.77. The predicted octanol–water partition coefficient (Wildman–Crippen LogP) is 4.14. The first-order valence-electron chi connectivity index (χ1n) is 3.49. The number of rotatable bonds is 0. The molecule has 0 saturated heterocycles. The molecule has 4 heteroatoms. The lowest BCUT2D eigenvalue weighted by molar-refractivity contribution is 1.50. The molecule has 0 bridgehead atoms. The van der Waals surface area contributed by atoms with E-state index in [2.05, 4.69) is 50.7 Å². The molecule has 0 aliphatic carbocycles. The summed E-state index contributed by atoms with van der Waals surface area (Å²) >= 11 is 7.30. The lowest BCUT2D eigenvalue weighted by Gasteiger charge is -1.93. The monoisotopic (exact) mass is 363 g/mol. The van der Waals surface area contributed by atoms with E-state index in [0.29, 0.717) is 0 Å². The van der Waals surface area contributed by atoms with Crippen LogP contribution in [-0.4, -0.2) is 0 Å². The summed E-state index contributed by atoms with van der Waals surface area (Å²) in [6.45, 7) is 0. The predicted molar refractivity (Wildman–Crippen MR) is 67.0 cm³/mol. The highest BCUT2D eigenvalue weighted by molar-refractivity contribution is 14.1. The standard InChI is InChI=1S/C9H3BrINS/c10-9-3-7-5(4-12)1-6(11)2-8(7)13-9/h1-3H. The second-order valence-electron chi connectivity index (χ2n) is 2.53. The average molecular weight is 364 g/mol. The van der Waals surface area contributed by atoms with E-state index in [-0.39, 0.29) is 0 Å². The second-order valence-corrected chi connectivity index (χ2v) is 6.24. The van der Waals surface area contributed by atoms with Crippen LogP contribution in [0.1, 0.15) is 5.56 Å². The largest absolute Gasteiger partial charge is 0.192 e. The fourth-order valence-corrected chi connectivity index (χ4v) is 3.60. The van der Waals surface area contributed by atoms with Gasteiger partial charge in [-0.2, -0.15) is 5.26 Å². The molecular formula is C9H3BrINS. The van der Waals surface area contributed by atoms with E-state index in [1.165, 1.54) is 0 Å². The van der Waals surface area contributed by atoms with Crippen LogP contribution < -0.4 is 0 Å². The molecule has 0 unspecified atom stereocenters. The topological polar surface area (TPSA) is 23.8 Å². The van der Waals surface area contributed by atoms with Gasteiger partial charge in [0.25, 0.3) is 0 Å². The van der Waals surface area contributed by atoms with Crippen molar-refractivity contribution in [2.45, 2.75) is 0 Å². The van der Waals surface area contributed by atoms with E-state index >= 15 is 0 Å². The Balaban J connectivity index is 2.90. The maximum atomic E-state index is 8.91. The van der Waals surface area contributed by atoms with Crippen LogP contribution in [0.15, 0.2) is 22.0 Å². The smallest absolute Gasteiger partial charge is 0.0998 e. The van der Waals surface area contributed by atoms with E-state index in [1.807, 2.05) is 12.1 Å². The third-order valence-corrected chi connectivity index (χ3v) is 3.90. The van der Waals surface area contributed by atoms with Gasteiger partial charge in [0.05, 0.1) is 15.4 Å². The second kappa shape index (κ2) is 3.56. The third kappa shape index (κ3) is 1.73. The van der Waals surface area contributed by atoms with E-state index in [0.717, 1.165) is 23.0 Å². The van der Waals surface area contributed by atoms with Gasteiger partial charge in [0.15, 0.2) is 0 Å². The highest BCUT2D eigenvalue weighted by atomic mass is 127. The number of nitrogens with zero attached hydrogens (tertiary/aromatic N) is 1. The summed E-state index contributed by atoms with van der Waals surface area (Å²) in [5, 5.41) is 9.95. The van der Waals surface area contributed by atoms with Gasteiger partial charge in [0.1, 0.15) is 0 Å². The maximum Gasteiger partial charge on any atom is 0.0998 e. The van der Waals surface area contributed by atoms with E-state index in [4.69, 9.17) is 5.26 Å². The Hall–Kier alpha value is -0.120. The van der Waals surface area contributed by atoms with Gasteiger partial charge in [-0.25, -0.2) is 0 Å². The summed E-state index contributed by atoms with van der Waals surface area (Å²) in [5.41, 5.74) is 0.754. The molecule has 0 fully saturated rings. The van der Waals surface area contributed by atoms with Crippen LogP contribution in [0.2, 0.25) is 0 Å². The summed E-state index contributed by atoms with van der Waals surface area (Å²) in [6, 6.07) is 8.19. The zero-order valence-corrected chi connectivity index (χ0v) is 10.9. The zero-order valence-electron chi connectivity index (χ0n) is 6.34. The Bertz CT molecular complexity index is 512. The molecule has 0 atom stereocenters. The first kappa shape index (κ1) is 9.44. The Morgan fingerprint density at radius 3 is 2.85 bits per heavy atom. The van der Waals surface area contributed by atoms with Gasteiger partial charge < -0.3 is 0 Å². The molecule has 0 aliphatic rings. The summed E-state index contributed by atoms with van der Waals surface area (Å²) in [7, 11) is 0. The van der Waals surface area contributed by atoms with Gasteiger partial charge in [-0.1, -0.05) is 0 Å². The van der Waals surface area contributed by atoms with Crippen molar-refractivity contribution in [1.29, 1.82) is 5.26 Å². The fraction of sp³-hybridized carbons (Fsp3) is 0. The molecule has 2 aromatic rings. The Morgan fingerprint density at radius 1 is 1.38 bits per heavy atom. The van der Waals surface area contributed by atoms with Crippen molar-refractivity contribution in [3.63, 3.8) is 0 Å². The summed E-state index contributed by atoms with van der Waals surface area (Å²) < 4.78 is 3.34. The van der Waals surface area contributed by atoms with Gasteiger partial charge >= 0.3 is 0 Å². The molecule has 13 heavy (non-hydrogen) atoms. The Labute approximate surface area is 102 Å². The quantitative estimate of drug-likeness (QED) is 0.645. The molecule has 64 valence electrons. The van der Waals surface area contributed by atoms with Gasteiger partial charge in [-0.15, -0.1) is 11.3 Å². The maximum absolute atomic E-state index is 8.91. The van der Waals surface area contributed by atoms with Crippen molar-refractivity contribution in [1.82, 2.24) is 0 Å². The van der Waals surface area contributed by atoms with Crippen LogP contribution in [0.3, 0.4) is 0 Å². The minimum atomic E-state index is 0.754. The molecule has 1 heterocycles.